The van der Waals surface area contributed by atoms with Crippen LogP contribution in [0.5, 0.6) is 0 Å². The average molecular weight is 385 g/mol. The number of rotatable bonds is 3. The van der Waals surface area contributed by atoms with E-state index >= 15 is 0 Å². The molecule has 0 bridgehead atoms. The Labute approximate surface area is 141 Å². The Bertz CT molecular complexity index is 780. The van der Waals surface area contributed by atoms with Crippen LogP contribution in [0.15, 0.2) is 51.4 Å². The molecule has 0 aliphatic rings. The molecule has 0 radical (unpaired) electrons. The van der Waals surface area contributed by atoms with E-state index in [-0.39, 0.29) is 6.04 Å². The van der Waals surface area contributed by atoms with Gasteiger partial charge >= 0.3 is 0 Å². The van der Waals surface area contributed by atoms with E-state index in [4.69, 9.17) is 27.6 Å². The van der Waals surface area contributed by atoms with E-state index in [1.807, 2.05) is 49.5 Å². The number of benzene rings is 2. The van der Waals surface area contributed by atoms with Crippen molar-refractivity contribution in [2.75, 3.05) is 7.05 Å². The first kappa shape index (κ1) is 14.9. The maximum absolute atomic E-state index is 6.13. The standard InChI is InChI=1S/C16H12BrCl2NO/c1-20-16(10-4-11(17)8-13(19)6-10)15-7-9-5-12(18)2-3-14(9)21-15/h2-8,16,20H,1H3. The second-order valence-corrected chi connectivity index (χ2v) is 6.54. The molecule has 1 N–H and O–H groups in total. The minimum Gasteiger partial charge on any atom is -0.459 e. The molecule has 3 aromatic rings. The SMILES string of the molecule is CNC(c1cc(Cl)cc(Br)c1)c1cc2cc(Cl)ccc2o1. The van der Waals surface area contributed by atoms with Crippen LogP contribution in [0, 0.1) is 0 Å². The second kappa shape index (κ2) is 6.01. The molecule has 0 saturated carbocycles. The van der Waals surface area contributed by atoms with Gasteiger partial charge in [0.2, 0.25) is 0 Å². The predicted molar refractivity (Wildman–Crippen MR) is 91.3 cm³/mol. The molecule has 0 amide bonds. The van der Waals surface area contributed by atoms with E-state index in [0.29, 0.717) is 10.0 Å². The van der Waals surface area contributed by atoms with Gasteiger partial charge in [0.15, 0.2) is 0 Å². The molecule has 1 unspecified atom stereocenters. The van der Waals surface area contributed by atoms with Crippen LogP contribution in [0.4, 0.5) is 0 Å². The van der Waals surface area contributed by atoms with Crippen LogP contribution in [0.2, 0.25) is 10.0 Å². The van der Waals surface area contributed by atoms with Crippen LogP contribution in [0.25, 0.3) is 11.0 Å². The van der Waals surface area contributed by atoms with Gasteiger partial charge < -0.3 is 9.73 Å². The highest BCUT2D eigenvalue weighted by Gasteiger charge is 2.18. The number of furan rings is 1. The average Bonchev–Trinajstić information content (AvgIpc) is 2.81. The highest BCUT2D eigenvalue weighted by molar-refractivity contribution is 9.10. The van der Waals surface area contributed by atoms with Gasteiger partial charge in [-0.1, -0.05) is 39.1 Å². The molecule has 0 fully saturated rings. The number of hydrogen-bond acceptors (Lipinski definition) is 2. The van der Waals surface area contributed by atoms with E-state index in [9.17, 15) is 0 Å². The fourth-order valence-corrected chi connectivity index (χ4v) is 3.46. The summed E-state index contributed by atoms with van der Waals surface area (Å²) in [6.07, 6.45) is 0. The number of nitrogens with one attached hydrogen (secondary N) is 1. The van der Waals surface area contributed by atoms with Gasteiger partial charge in [-0.05, 0) is 55.1 Å². The van der Waals surface area contributed by atoms with Crippen molar-refractivity contribution >= 4 is 50.1 Å². The Morgan fingerprint density at radius 1 is 1.05 bits per heavy atom. The van der Waals surface area contributed by atoms with Gasteiger partial charge in [0, 0.05) is 19.9 Å². The van der Waals surface area contributed by atoms with Gasteiger partial charge in [-0.3, -0.25) is 0 Å². The summed E-state index contributed by atoms with van der Waals surface area (Å²) in [5.74, 6) is 0.823. The smallest absolute Gasteiger partial charge is 0.134 e. The molecule has 2 aromatic carbocycles. The van der Waals surface area contributed by atoms with E-state index < -0.39 is 0 Å². The van der Waals surface area contributed by atoms with Crippen molar-refractivity contribution in [2.45, 2.75) is 6.04 Å². The molecule has 1 heterocycles. The van der Waals surface area contributed by atoms with Crippen molar-refractivity contribution < 1.29 is 4.42 Å². The molecular formula is C16H12BrCl2NO. The summed E-state index contributed by atoms with van der Waals surface area (Å²) in [5, 5.41) is 5.62. The monoisotopic (exact) mass is 383 g/mol. The highest BCUT2D eigenvalue weighted by Crippen LogP contribution is 2.32. The summed E-state index contributed by atoms with van der Waals surface area (Å²) in [6.45, 7) is 0. The quantitative estimate of drug-likeness (QED) is 0.616. The first-order valence-electron chi connectivity index (χ1n) is 6.39. The Kier molecular flexibility index (Phi) is 4.27. The molecule has 1 aromatic heterocycles. The van der Waals surface area contributed by atoms with Gasteiger partial charge in [0.25, 0.3) is 0 Å². The van der Waals surface area contributed by atoms with Crippen molar-refractivity contribution in [1.82, 2.24) is 5.32 Å². The topological polar surface area (TPSA) is 25.2 Å². The largest absolute Gasteiger partial charge is 0.459 e. The third-order valence-corrected chi connectivity index (χ3v) is 4.20. The number of fused-ring (bicyclic) bond motifs is 1. The van der Waals surface area contributed by atoms with Gasteiger partial charge in [-0.15, -0.1) is 0 Å². The third kappa shape index (κ3) is 3.11. The van der Waals surface area contributed by atoms with Crippen molar-refractivity contribution in [3.05, 3.63) is 68.3 Å². The Hall–Kier alpha value is -1.00. The molecule has 2 nitrogen and oxygen atoms in total. The number of halogens is 3. The fourth-order valence-electron chi connectivity index (χ4n) is 2.39. The zero-order valence-electron chi connectivity index (χ0n) is 11.2. The molecular weight excluding hydrogens is 373 g/mol. The van der Waals surface area contributed by atoms with E-state index in [1.54, 1.807) is 0 Å². The van der Waals surface area contributed by atoms with Crippen LogP contribution in [-0.4, -0.2) is 7.05 Å². The summed E-state index contributed by atoms with van der Waals surface area (Å²) < 4.78 is 6.87. The van der Waals surface area contributed by atoms with Crippen LogP contribution < -0.4 is 5.32 Å². The molecule has 0 spiro atoms. The molecule has 21 heavy (non-hydrogen) atoms. The molecule has 3 rings (SSSR count). The molecule has 0 aliphatic carbocycles. The van der Waals surface area contributed by atoms with Crippen molar-refractivity contribution in [2.24, 2.45) is 0 Å². The number of hydrogen-bond donors (Lipinski definition) is 1. The maximum Gasteiger partial charge on any atom is 0.134 e. The lowest BCUT2D eigenvalue weighted by atomic mass is 10.0. The lowest BCUT2D eigenvalue weighted by molar-refractivity contribution is 0.491. The molecule has 5 heteroatoms. The van der Waals surface area contributed by atoms with Crippen molar-refractivity contribution in [3.8, 4) is 0 Å². The first-order valence-corrected chi connectivity index (χ1v) is 7.94. The molecule has 1 atom stereocenters. The van der Waals surface area contributed by atoms with Crippen molar-refractivity contribution in [1.29, 1.82) is 0 Å². The van der Waals surface area contributed by atoms with Gasteiger partial charge in [-0.2, -0.15) is 0 Å². The predicted octanol–water partition coefficient (Wildman–Crippen LogP) is 5.81. The van der Waals surface area contributed by atoms with E-state index in [0.717, 1.165) is 26.8 Å². The van der Waals surface area contributed by atoms with Crippen molar-refractivity contribution in [3.63, 3.8) is 0 Å². The summed E-state index contributed by atoms with van der Waals surface area (Å²) in [7, 11) is 1.89. The zero-order chi connectivity index (χ0) is 15.0. The highest BCUT2D eigenvalue weighted by atomic mass is 79.9. The molecule has 0 aliphatic heterocycles. The van der Waals surface area contributed by atoms with Crippen LogP contribution >= 0.6 is 39.1 Å². The molecule has 0 saturated heterocycles. The lowest BCUT2D eigenvalue weighted by Gasteiger charge is -2.14. The van der Waals surface area contributed by atoms with Crippen LogP contribution in [0.3, 0.4) is 0 Å². The fraction of sp³-hybridized carbons (Fsp3) is 0.125. The summed E-state index contributed by atoms with van der Waals surface area (Å²) >= 11 is 15.6. The van der Waals surface area contributed by atoms with E-state index in [2.05, 4.69) is 21.2 Å². The Morgan fingerprint density at radius 2 is 1.86 bits per heavy atom. The Morgan fingerprint density at radius 3 is 2.57 bits per heavy atom. The van der Waals surface area contributed by atoms with Crippen LogP contribution in [0.1, 0.15) is 17.4 Å². The zero-order valence-corrected chi connectivity index (χ0v) is 14.3. The summed E-state index contributed by atoms with van der Waals surface area (Å²) in [4.78, 5) is 0. The lowest BCUT2D eigenvalue weighted by Crippen LogP contribution is -2.16. The third-order valence-electron chi connectivity index (χ3n) is 3.29. The van der Waals surface area contributed by atoms with Gasteiger partial charge in [0.05, 0.1) is 6.04 Å². The van der Waals surface area contributed by atoms with E-state index in [1.165, 1.54) is 0 Å². The minimum atomic E-state index is -0.0776. The minimum absolute atomic E-state index is 0.0776. The van der Waals surface area contributed by atoms with Gasteiger partial charge in [-0.25, -0.2) is 0 Å². The first-order chi connectivity index (χ1) is 10.1. The Balaban J connectivity index is 2.08. The van der Waals surface area contributed by atoms with Gasteiger partial charge in [0.1, 0.15) is 11.3 Å². The normalized spacial score (nSPS) is 12.8. The molecule has 108 valence electrons. The van der Waals surface area contributed by atoms with Crippen LogP contribution in [-0.2, 0) is 0 Å². The summed E-state index contributed by atoms with van der Waals surface area (Å²) in [6, 6.07) is 13.3. The maximum atomic E-state index is 6.13. The summed E-state index contributed by atoms with van der Waals surface area (Å²) in [5.41, 5.74) is 1.85. The second-order valence-electron chi connectivity index (χ2n) is 4.76.